The van der Waals surface area contributed by atoms with Crippen LogP contribution in [0.1, 0.15) is 32.1 Å². The summed E-state index contributed by atoms with van der Waals surface area (Å²) in [6.45, 7) is 1.42. The highest BCUT2D eigenvalue weighted by atomic mass is 33.1. The second-order valence-corrected chi connectivity index (χ2v) is 11.5. The number of carbonyl (C=O) groups excluding carboxylic acids is 1. The fraction of sp³-hybridized carbons (Fsp3) is 0.632. The van der Waals surface area contributed by atoms with Crippen molar-refractivity contribution in [3.63, 3.8) is 0 Å². The van der Waals surface area contributed by atoms with Gasteiger partial charge in [-0.15, -0.1) is 0 Å². The van der Waals surface area contributed by atoms with E-state index in [-0.39, 0.29) is 16.6 Å². The second kappa shape index (κ2) is 13.4. The molecule has 0 amide bonds. The number of ether oxygens (including phenoxy) is 1. The minimum Gasteiger partial charge on any atom is -0.504 e. The van der Waals surface area contributed by atoms with Crippen molar-refractivity contribution >= 4 is 38.6 Å². The fourth-order valence-electron chi connectivity index (χ4n) is 2.32. The largest absolute Gasteiger partial charge is 0.504 e. The van der Waals surface area contributed by atoms with Crippen LogP contribution in [0.5, 0.6) is 11.5 Å². The topological polar surface area (TPSA) is 104 Å². The van der Waals surface area contributed by atoms with Crippen LogP contribution in [0, 0.1) is 0 Å². The van der Waals surface area contributed by atoms with Crippen molar-refractivity contribution in [1.82, 2.24) is 0 Å². The van der Waals surface area contributed by atoms with Gasteiger partial charge in [-0.05, 0) is 31.4 Å². The van der Waals surface area contributed by atoms with E-state index in [2.05, 4.69) is 21.1 Å². The Labute approximate surface area is 183 Å². The Morgan fingerprint density at radius 3 is 2.52 bits per heavy atom. The van der Waals surface area contributed by atoms with Crippen LogP contribution in [0.15, 0.2) is 23.1 Å². The van der Waals surface area contributed by atoms with Gasteiger partial charge in [0.15, 0.2) is 22.6 Å². The molecule has 0 aromatic heterocycles. The summed E-state index contributed by atoms with van der Waals surface area (Å²) in [5, 5.41) is 18.5. The molecule has 29 heavy (non-hydrogen) atoms. The molecule has 3 N–H and O–H groups in total. The Kier molecular flexibility index (Phi) is 12.0. The molecule has 1 fully saturated rings. The first-order chi connectivity index (χ1) is 13.6. The first-order valence-corrected chi connectivity index (χ1v) is 12.9. The van der Waals surface area contributed by atoms with Crippen LogP contribution in [-0.4, -0.2) is 74.7 Å². The molecule has 10 heteroatoms. The fourth-order valence-corrected chi connectivity index (χ4v) is 5.75. The Balaban J connectivity index is 0.000000326. The quantitative estimate of drug-likeness (QED) is 0.127. The van der Waals surface area contributed by atoms with Crippen LogP contribution in [0.2, 0.25) is 0 Å². The maximum Gasteiger partial charge on any atom is 0.305 e. The van der Waals surface area contributed by atoms with E-state index >= 15 is 0 Å². The van der Waals surface area contributed by atoms with Gasteiger partial charge in [0.1, 0.15) is 13.2 Å². The molecule has 0 aliphatic carbocycles. The van der Waals surface area contributed by atoms with E-state index in [9.17, 15) is 9.00 Å². The summed E-state index contributed by atoms with van der Waals surface area (Å²) < 4.78 is 25.0. The summed E-state index contributed by atoms with van der Waals surface area (Å²) >= 11 is -2.12. The minimum atomic E-state index is -2.12. The van der Waals surface area contributed by atoms with Crippen molar-refractivity contribution in [3.8, 4) is 11.5 Å². The molecule has 1 saturated heterocycles. The molecule has 1 aromatic rings. The van der Waals surface area contributed by atoms with E-state index in [0.29, 0.717) is 13.0 Å². The SMILES string of the molecule is C[N+](C)(C)CCOC(=O)CCCC[C@@H]1CCSS1.O=S(O)c1ccc(O)c(O)c1. The van der Waals surface area contributed by atoms with Crippen molar-refractivity contribution in [3.05, 3.63) is 18.2 Å². The third-order valence-electron chi connectivity index (χ3n) is 4.06. The normalized spacial score (nSPS) is 17.3. The third-order valence-corrected chi connectivity index (χ3v) is 7.72. The van der Waals surface area contributed by atoms with Gasteiger partial charge in [0.05, 0.1) is 26.0 Å². The number of unbranched alkanes of at least 4 members (excludes halogenated alkanes) is 1. The van der Waals surface area contributed by atoms with E-state index in [0.717, 1.165) is 41.3 Å². The lowest BCUT2D eigenvalue weighted by atomic mass is 10.1. The molecule has 2 atom stereocenters. The lowest BCUT2D eigenvalue weighted by molar-refractivity contribution is -0.870. The number of carbonyl (C=O) groups is 1. The maximum absolute atomic E-state index is 11.5. The number of nitrogens with zero attached hydrogens (tertiary/aromatic N) is 1. The molecule has 166 valence electrons. The minimum absolute atomic E-state index is 0.0306. The van der Waals surface area contributed by atoms with Gasteiger partial charge in [0.2, 0.25) is 0 Å². The Bertz CT molecular complexity index is 660. The summed E-state index contributed by atoms with van der Waals surface area (Å²) in [6, 6.07) is 3.44. The predicted octanol–water partition coefficient (Wildman–Crippen LogP) is 3.63. The van der Waals surface area contributed by atoms with Crippen LogP contribution >= 0.6 is 21.6 Å². The van der Waals surface area contributed by atoms with Crippen LogP contribution in [0.3, 0.4) is 0 Å². The average Bonchev–Trinajstić information content (AvgIpc) is 3.14. The van der Waals surface area contributed by atoms with Gasteiger partial charge in [0, 0.05) is 23.5 Å². The monoisotopic (exact) mass is 466 g/mol. The summed E-state index contributed by atoms with van der Waals surface area (Å²) in [5.74, 6) is 0.559. The van der Waals surface area contributed by atoms with Crippen molar-refractivity contribution in [1.29, 1.82) is 0 Å². The van der Waals surface area contributed by atoms with E-state index in [1.807, 2.05) is 21.6 Å². The number of likely N-dealkylation sites (N-methyl/N-ethyl adjacent to an activating group) is 1. The van der Waals surface area contributed by atoms with Crippen molar-refractivity contribution < 1.29 is 33.0 Å². The van der Waals surface area contributed by atoms with Gasteiger partial charge < -0.3 is 24.0 Å². The number of rotatable bonds is 9. The van der Waals surface area contributed by atoms with E-state index in [1.54, 1.807) is 0 Å². The summed E-state index contributed by atoms with van der Waals surface area (Å²) in [7, 11) is 10.3. The zero-order chi connectivity index (χ0) is 21.9. The van der Waals surface area contributed by atoms with E-state index in [4.69, 9.17) is 19.5 Å². The first-order valence-electron chi connectivity index (χ1n) is 9.45. The van der Waals surface area contributed by atoms with Gasteiger partial charge in [-0.3, -0.25) is 4.79 Å². The number of benzene rings is 1. The Morgan fingerprint density at radius 2 is 1.97 bits per heavy atom. The molecule has 0 radical (unpaired) electrons. The number of phenolic OH excluding ortho intramolecular Hbond substituents is 2. The van der Waals surface area contributed by atoms with Crippen molar-refractivity contribution in [2.24, 2.45) is 0 Å². The molecular formula is C19H32NO6S3+. The van der Waals surface area contributed by atoms with Gasteiger partial charge in [-0.25, -0.2) is 4.21 Å². The molecule has 0 saturated carbocycles. The van der Waals surface area contributed by atoms with Gasteiger partial charge in [-0.2, -0.15) is 0 Å². The standard InChI is InChI=1S/C13H26NO2S2.C6H6O4S/c1-14(2,3)9-10-16-13(15)7-5-4-6-12-8-11-17-18-12;7-5-2-1-4(11(9)10)3-6(5)8/h12H,4-11H2,1-3H3;1-3,7-8H,(H,9,10)/q+1;/t12-;/m1./s1. The number of hydrogen-bond donors (Lipinski definition) is 3. The zero-order valence-electron chi connectivity index (χ0n) is 17.2. The molecule has 0 spiro atoms. The zero-order valence-corrected chi connectivity index (χ0v) is 19.7. The van der Waals surface area contributed by atoms with Crippen molar-refractivity contribution in [2.45, 2.75) is 42.2 Å². The molecule has 1 aliphatic heterocycles. The molecule has 1 unspecified atom stereocenters. The van der Waals surface area contributed by atoms with Gasteiger partial charge >= 0.3 is 5.97 Å². The highest BCUT2D eigenvalue weighted by molar-refractivity contribution is 8.77. The molecule has 2 rings (SSSR count). The first kappa shape index (κ1) is 26.1. The number of esters is 1. The molecular weight excluding hydrogens is 434 g/mol. The lowest BCUT2D eigenvalue weighted by Gasteiger charge is -2.23. The lowest BCUT2D eigenvalue weighted by Crippen LogP contribution is -2.38. The van der Waals surface area contributed by atoms with Crippen LogP contribution in [0.25, 0.3) is 0 Å². The molecule has 7 nitrogen and oxygen atoms in total. The summed E-state index contributed by atoms with van der Waals surface area (Å²) in [4.78, 5) is 11.5. The third kappa shape index (κ3) is 12.4. The smallest absolute Gasteiger partial charge is 0.305 e. The Hall–Kier alpha value is -0.940. The summed E-state index contributed by atoms with van der Waals surface area (Å²) in [6.07, 6.45) is 5.31. The summed E-state index contributed by atoms with van der Waals surface area (Å²) in [5.41, 5.74) is 0. The van der Waals surface area contributed by atoms with Crippen molar-refractivity contribution in [2.75, 3.05) is 40.0 Å². The number of phenols is 2. The highest BCUT2D eigenvalue weighted by Gasteiger charge is 2.16. The van der Waals surface area contributed by atoms with Crippen LogP contribution in [0.4, 0.5) is 0 Å². The predicted molar refractivity (Wildman–Crippen MR) is 120 cm³/mol. The number of aromatic hydroxyl groups is 2. The maximum atomic E-state index is 11.5. The van der Waals surface area contributed by atoms with Crippen LogP contribution < -0.4 is 0 Å². The van der Waals surface area contributed by atoms with Gasteiger partial charge in [-0.1, -0.05) is 28.0 Å². The molecule has 1 aliphatic rings. The van der Waals surface area contributed by atoms with E-state index in [1.165, 1.54) is 24.7 Å². The highest BCUT2D eigenvalue weighted by Crippen LogP contribution is 2.39. The van der Waals surface area contributed by atoms with Gasteiger partial charge in [0.25, 0.3) is 0 Å². The van der Waals surface area contributed by atoms with Crippen LogP contribution in [-0.2, 0) is 20.6 Å². The molecule has 1 aromatic carbocycles. The average molecular weight is 467 g/mol. The second-order valence-electron chi connectivity index (χ2n) is 7.71. The number of hydrogen-bond acceptors (Lipinski definition) is 7. The number of quaternary nitrogens is 1. The Morgan fingerprint density at radius 1 is 1.24 bits per heavy atom. The molecule has 1 heterocycles. The molecule has 0 bridgehead atoms. The van der Waals surface area contributed by atoms with E-state index < -0.39 is 16.8 Å².